The summed E-state index contributed by atoms with van der Waals surface area (Å²) in [5.41, 5.74) is 0.633. The Morgan fingerprint density at radius 3 is 2.52 bits per heavy atom. The fourth-order valence-electron chi connectivity index (χ4n) is 1.92. The predicted molar refractivity (Wildman–Crippen MR) is 94.0 cm³/mol. The Bertz CT molecular complexity index is 886. The normalized spacial score (nSPS) is 11.6. The molecule has 0 radical (unpaired) electrons. The van der Waals surface area contributed by atoms with E-state index < -0.39 is 16.0 Å². The van der Waals surface area contributed by atoms with Gasteiger partial charge in [-0.3, -0.25) is 4.84 Å². The second kappa shape index (κ2) is 8.16. The maximum atomic E-state index is 12.3. The number of esters is 1. The molecule has 25 heavy (non-hydrogen) atoms. The third-order valence-electron chi connectivity index (χ3n) is 3.31. The Labute approximate surface area is 155 Å². The SMILES string of the molecule is CON(C)S(=O)(=O)c1ccc(Cl)c(C(=O)OCc2cccc(Cl)c2)c1. The lowest BCUT2D eigenvalue weighted by molar-refractivity contribution is -0.0258. The maximum Gasteiger partial charge on any atom is 0.340 e. The van der Waals surface area contributed by atoms with Crippen molar-refractivity contribution < 1.29 is 22.8 Å². The zero-order valence-electron chi connectivity index (χ0n) is 13.4. The topological polar surface area (TPSA) is 72.9 Å². The van der Waals surface area contributed by atoms with E-state index >= 15 is 0 Å². The zero-order valence-corrected chi connectivity index (χ0v) is 15.7. The van der Waals surface area contributed by atoms with Gasteiger partial charge in [0.05, 0.1) is 22.6 Å². The second-order valence-corrected chi connectivity index (χ2v) is 7.72. The molecule has 0 heterocycles. The van der Waals surface area contributed by atoms with E-state index in [2.05, 4.69) is 0 Å². The summed E-state index contributed by atoms with van der Waals surface area (Å²) < 4.78 is 30.4. The number of nitrogens with zero attached hydrogens (tertiary/aromatic N) is 1. The van der Waals surface area contributed by atoms with Crippen LogP contribution in [0.15, 0.2) is 47.4 Å². The van der Waals surface area contributed by atoms with E-state index in [1.807, 2.05) is 0 Å². The summed E-state index contributed by atoms with van der Waals surface area (Å²) in [6.45, 7) is -0.0231. The number of carbonyl (C=O) groups is 1. The molecule has 9 heteroatoms. The predicted octanol–water partition coefficient (Wildman–Crippen LogP) is 3.53. The standard InChI is InChI=1S/C16H15Cl2NO5S/c1-19(23-2)25(21,22)13-6-7-15(18)14(9-13)16(20)24-10-11-4-3-5-12(17)8-11/h3-9H,10H2,1-2H3. The monoisotopic (exact) mass is 403 g/mol. The highest BCUT2D eigenvalue weighted by molar-refractivity contribution is 7.89. The number of hydrogen-bond donors (Lipinski definition) is 0. The molecule has 2 aromatic carbocycles. The van der Waals surface area contributed by atoms with Crippen molar-refractivity contribution in [1.29, 1.82) is 0 Å². The fraction of sp³-hybridized carbons (Fsp3) is 0.188. The molecule has 0 saturated heterocycles. The average molecular weight is 404 g/mol. The molecule has 6 nitrogen and oxygen atoms in total. The van der Waals surface area contributed by atoms with Crippen molar-refractivity contribution in [2.45, 2.75) is 11.5 Å². The van der Waals surface area contributed by atoms with Crippen LogP contribution in [0.25, 0.3) is 0 Å². The Balaban J connectivity index is 2.23. The zero-order chi connectivity index (χ0) is 18.6. The van der Waals surface area contributed by atoms with Crippen LogP contribution in [0.4, 0.5) is 0 Å². The summed E-state index contributed by atoms with van der Waals surface area (Å²) in [5, 5.41) is 0.595. The van der Waals surface area contributed by atoms with Crippen LogP contribution in [0.1, 0.15) is 15.9 Å². The van der Waals surface area contributed by atoms with Gasteiger partial charge in [0.15, 0.2) is 0 Å². The first-order valence-corrected chi connectivity index (χ1v) is 9.19. The number of ether oxygens (including phenoxy) is 1. The lowest BCUT2D eigenvalue weighted by Gasteiger charge is -2.15. The van der Waals surface area contributed by atoms with Crippen LogP contribution in [-0.4, -0.2) is 33.0 Å². The highest BCUT2D eigenvalue weighted by Gasteiger charge is 2.23. The van der Waals surface area contributed by atoms with Crippen LogP contribution in [0, 0.1) is 0 Å². The highest BCUT2D eigenvalue weighted by atomic mass is 35.5. The van der Waals surface area contributed by atoms with E-state index in [1.165, 1.54) is 26.3 Å². The van der Waals surface area contributed by atoms with Crippen LogP contribution in [-0.2, 0) is 26.2 Å². The Morgan fingerprint density at radius 1 is 1.16 bits per heavy atom. The molecule has 0 spiro atoms. The van der Waals surface area contributed by atoms with Gasteiger partial charge in [0.2, 0.25) is 0 Å². The number of benzene rings is 2. The molecule has 0 bridgehead atoms. The molecule has 0 N–H and O–H groups in total. The molecule has 0 aromatic heterocycles. The third kappa shape index (κ3) is 4.71. The summed E-state index contributed by atoms with van der Waals surface area (Å²) in [6, 6.07) is 10.6. The van der Waals surface area contributed by atoms with Crippen molar-refractivity contribution in [3.63, 3.8) is 0 Å². The van der Waals surface area contributed by atoms with Crippen molar-refractivity contribution in [3.8, 4) is 0 Å². The van der Waals surface area contributed by atoms with Gasteiger partial charge in [-0.15, -0.1) is 0 Å². The van der Waals surface area contributed by atoms with Crippen LogP contribution in [0.5, 0.6) is 0 Å². The van der Waals surface area contributed by atoms with Gasteiger partial charge in [-0.2, -0.15) is 0 Å². The van der Waals surface area contributed by atoms with Gasteiger partial charge in [0, 0.05) is 12.1 Å². The molecule has 0 unspecified atom stereocenters. The molecule has 0 fully saturated rings. The van der Waals surface area contributed by atoms with Gasteiger partial charge in [-0.1, -0.05) is 39.8 Å². The van der Waals surface area contributed by atoms with E-state index in [4.69, 9.17) is 32.8 Å². The quantitative estimate of drug-likeness (QED) is 0.544. The minimum atomic E-state index is -3.91. The third-order valence-corrected chi connectivity index (χ3v) is 5.55. The van der Waals surface area contributed by atoms with Crippen LogP contribution in [0.3, 0.4) is 0 Å². The van der Waals surface area contributed by atoms with Crippen LogP contribution < -0.4 is 0 Å². The Kier molecular flexibility index (Phi) is 6.42. The van der Waals surface area contributed by atoms with Crippen LogP contribution >= 0.6 is 23.2 Å². The Morgan fingerprint density at radius 2 is 1.88 bits per heavy atom. The summed E-state index contributed by atoms with van der Waals surface area (Å²) in [6.07, 6.45) is 0. The summed E-state index contributed by atoms with van der Waals surface area (Å²) >= 11 is 11.9. The maximum absolute atomic E-state index is 12.3. The van der Waals surface area contributed by atoms with Crippen molar-refractivity contribution in [2.24, 2.45) is 0 Å². The number of sulfonamides is 1. The number of hydrogen-bond acceptors (Lipinski definition) is 5. The van der Waals surface area contributed by atoms with Crippen molar-refractivity contribution >= 4 is 39.2 Å². The van der Waals surface area contributed by atoms with Gasteiger partial charge in [-0.05, 0) is 35.9 Å². The number of halogens is 2. The lowest BCUT2D eigenvalue weighted by Crippen LogP contribution is -2.26. The molecular weight excluding hydrogens is 389 g/mol. The van der Waals surface area contributed by atoms with E-state index in [1.54, 1.807) is 24.3 Å². The van der Waals surface area contributed by atoms with E-state index in [0.717, 1.165) is 6.07 Å². The first-order valence-electron chi connectivity index (χ1n) is 7.00. The van der Waals surface area contributed by atoms with Crippen molar-refractivity contribution in [1.82, 2.24) is 4.47 Å². The largest absolute Gasteiger partial charge is 0.457 e. The Hall–Kier alpha value is -1.64. The second-order valence-electron chi connectivity index (χ2n) is 4.95. The first kappa shape index (κ1) is 19.7. The lowest BCUT2D eigenvalue weighted by atomic mass is 10.2. The van der Waals surface area contributed by atoms with E-state index in [-0.39, 0.29) is 22.1 Å². The molecule has 0 amide bonds. The van der Waals surface area contributed by atoms with Gasteiger partial charge >= 0.3 is 5.97 Å². The summed E-state index contributed by atoms with van der Waals surface area (Å²) in [7, 11) is -1.45. The molecule has 0 atom stereocenters. The molecule has 134 valence electrons. The summed E-state index contributed by atoms with van der Waals surface area (Å²) in [5.74, 6) is -0.748. The molecular formula is C16H15Cl2NO5S. The van der Waals surface area contributed by atoms with Crippen molar-refractivity contribution in [2.75, 3.05) is 14.2 Å². The molecule has 0 saturated carbocycles. The molecule has 2 aromatic rings. The first-order chi connectivity index (χ1) is 11.8. The number of rotatable bonds is 6. The van der Waals surface area contributed by atoms with E-state index in [0.29, 0.717) is 15.1 Å². The van der Waals surface area contributed by atoms with E-state index in [9.17, 15) is 13.2 Å². The molecule has 0 aliphatic carbocycles. The minimum Gasteiger partial charge on any atom is -0.457 e. The number of carbonyl (C=O) groups excluding carboxylic acids is 1. The fourth-order valence-corrected chi connectivity index (χ4v) is 3.33. The highest BCUT2D eigenvalue weighted by Crippen LogP contribution is 2.24. The summed E-state index contributed by atoms with van der Waals surface area (Å²) in [4.78, 5) is 16.8. The van der Waals surface area contributed by atoms with Gasteiger partial charge in [-0.25, -0.2) is 13.2 Å². The van der Waals surface area contributed by atoms with Gasteiger partial charge in [0.25, 0.3) is 10.0 Å². The van der Waals surface area contributed by atoms with Crippen LogP contribution in [0.2, 0.25) is 10.0 Å². The van der Waals surface area contributed by atoms with Gasteiger partial charge in [0.1, 0.15) is 6.61 Å². The smallest absolute Gasteiger partial charge is 0.340 e. The van der Waals surface area contributed by atoms with Gasteiger partial charge < -0.3 is 4.74 Å². The van der Waals surface area contributed by atoms with Crippen molar-refractivity contribution in [3.05, 3.63) is 63.6 Å². The molecule has 0 aliphatic rings. The number of hydroxylamine groups is 1. The molecule has 2 rings (SSSR count). The minimum absolute atomic E-state index is 0.0231. The molecule has 0 aliphatic heterocycles. The average Bonchev–Trinajstić information content (AvgIpc) is 2.59.